The van der Waals surface area contributed by atoms with Crippen LogP contribution in [-0.4, -0.2) is 26.3 Å². The van der Waals surface area contributed by atoms with Gasteiger partial charge in [-0.2, -0.15) is 0 Å². The number of ether oxygens (including phenoxy) is 1. The van der Waals surface area contributed by atoms with Crippen molar-refractivity contribution in [1.29, 1.82) is 0 Å². The van der Waals surface area contributed by atoms with E-state index >= 15 is 0 Å². The predicted octanol–water partition coefficient (Wildman–Crippen LogP) is 2.36. The summed E-state index contributed by atoms with van der Waals surface area (Å²) in [5.41, 5.74) is 1.24. The molecular formula is C11H23NO. The molecule has 0 saturated heterocycles. The molecule has 0 rings (SSSR count). The Balaban J connectivity index is 2.87. The number of hydrogen-bond acceptors (Lipinski definition) is 2. The van der Waals surface area contributed by atoms with Crippen LogP contribution in [0.15, 0.2) is 12.2 Å². The summed E-state index contributed by atoms with van der Waals surface area (Å²) < 4.78 is 5.40. The molecule has 78 valence electrons. The molecule has 0 aromatic carbocycles. The second kappa shape index (κ2) is 9.75. The molecule has 0 aromatic heterocycles. The van der Waals surface area contributed by atoms with E-state index in [4.69, 9.17) is 4.74 Å². The molecule has 2 heteroatoms. The van der Waals surface area contributed by atoms with Crippen molar-refractivity contribution in [3.8, 4) is 0 Å². The van der Waals surface area contributed by atoms with Gasteiger partial charge in [0, 0.05) is 13.2 Å². The Morgan fingerprint density at radius 2 is 2.08 bits per heavy atom. The molecule has 0 aliphatic heterocycles. The fourth-order valence-electron chi connectivity index (χ4n) is 0.920. The zero-order valence-corrected chi connectivity index (χ0v) is 9.07. The van der Waals surface area contributed by atoms with Gasteiger partial charge in [0.15, 0.2) is 0 Å². The van der Waals surface area contributed by atoms with Crippen molar-refractivity contribution in [3.63, 3.8) is 0 Å². The lowest BCUT2D eigenvalue weighted by Gasteiger charge is -2.05. The van der Waals surface area contributed by atoms with Crippen LogP contribution < -0.4 is 5.32 Å². The van der Waals surface area contributed by atoms with Gasteiger partial charge in [0.1, 0.15) is 0 Å². The van der Waals surface area contributed by atoms with E-state index in [1.807, 2.05) is 0 Å². The Morgan fingerprint density at radius 3 is 2.69 bits per heavy atom. The normalized spacial score (nSPS) is 10.3. The highest BCUT2D eigenvalue weighted by Crippen LogP contribution is 1.91. The fraction of sp³-hybridized carbons (Fsp3) is 0.818. The van der Waals surface area contributed by atoms with Gasteiger partial charge >= 0.3 is 0 Å². The first-order valence-electron chi connectivity index (χ1n) is 5.20. The summed E-state index contributed by atoms with van der Waals surface area (Å²) in [5, 5.41) is 3.31. The van der Waals surface area contributed by atoms with Crippen molar-refractivity contribution in [2.24, 2.45) is 0 Å². The van der Waals surface area contributed by atoms with E-state index in [0.29, 0.717) is 0 Å². The maximum Gasteiger partial charge on any atom is 0.0590 e. The Morgan fingerprint density at radius 1 is 1.31 bits per heavy atom. The first-order valence-corrected chi connectivity index (χ1v) is 5.20. The third kappa shape index (κ3) is 11.7. The molecule has 0 heterocycles. The highest BCUT2D eigenvalue weighted by molar-refractivity contribution is 4.87. The van der Waals surface area contributed by atoms with Crippen LogP contribution in [0.25, 0.3) is 0 Å². The van der Waals surface area contributed by atoms with Crippen molar-refractivity contribution >= 4 is 0 Å². The molecule has 0 aliphatic carbocycles. The summed E-state index contributed by atoms with van der Waals surface area (Å²) in [7, 11) is 0. The minimum atomic E-state index is 0.830. The van der Waals surface area contributed by atoms with Crippen molar-refractivity contribution in [2.75, 3.05) is 26.3 Å². The van der Waals surface area contributed by atoms with Crippen molar-refractivity contribution < 1.29 is 4.74 Å². The minimum absolute atomic E-state index is 0.830. The van der Waals surface area contributed by atoms with Crippen LogP contribution in [0.1, 0.15) is 33.1 Å². The van der Waals surface area contributed by atoms with Crippen molar-refractivity contribution in [1.82, 2.24) is 5.32 Å². The van der Waals surface area contributed by atoms with Crippen LogP contribution >= 0.6 is 0 Å². The average molecular weight is 185 g/mol. The molecule has 0 atom stereocenters. The average Bonchev–Trinajstić information content (AvgIpc) is 2.09. The minimum Gasteiger partial charge on any atom is -0.380 e. The largest absolute Gasteiger partial charge is 0.380 e. The van der Waals surface area contributed by atoms with Crippen LogP contribution in [0.2, 0.25) is 0 Å². The standard InChI is InChI=1S/C11H23NO/c1-4-5-9-13-10-8-12-7-6-11(2)3/h12H,2,4-10H2,1,3H3. The lowest BCUT2D eigenvalue weighted by molar-refractivity contribution is 0.133. The molecule has 0 aromatic rings. The number of hydrogen-bond donors (Lipinski definition) is 1. The molecule has 0 fully saturated rings. The first kappa shape index (κ1) is 12.7. The van der Waals surface area contributed by atoms with E-state index in [2.05, 4.69) is 25.7 Å². The first-order chi connectivity index (χ1) is 6.27. The van der Waals surface area contributed by atoms with Gasteiger partial charge in [-0.25, -0.2) is 0 Å². The summed E-state index contributed by atoms with van der Waals surface area (Å²) in [4.78, 5) is 0. The van der Waals surface area contributed by atoms with Gasteiger partial charge < -0.3 is 10.1 Å². The van der Waals surface area contributed by atoms with Crippen LogP contribution in [0.4, 0.5) is 0 Å². The summed E-state index contributed by atoms with van der Waals surface area (Å²) in [6.45, 7) is 11.8. The maximum atomic E-state index is 5.40. The number of unbranched alkanes of at least 4 members (excludes halogenated alkanes) is 1. The zero-order valence-electron chi connectivity index (χ0n) is 9.07. The summed E-state index contributed by atoms with van der Waals surface area (Å²) in [5.74, 6) is 0. The quantitative estimate of drug-likeness (QED) is 0.440. The van der Waals surface area contributed by atoms with Crippen LogP contribution in [0, 0.1) is 0 Å². The Kier molecular flexibility index (Phi) is 9.49. The lowest BCUT2D eigenvalue weighted by Crippen LogP contribution is -2.21. The molecule has 0 aliphatic rings. The molecule has 13 heavy (non-hydrogen) atoms. The van der Waals surface area contributed by atoms with Gasteiger partial charge in [0.05, 0.1) is 6.61 Å². The van der Waals surface area contributed by atoms with Gasteiger partial charge in [-0.1, -0.05) is 18.9 Å². The highest BCUT2D eigenvalue weighted by Gasteiger charge is 1.89. The molecule has 0 amide bonds. The molecule has 1 N–H and O–H groups in total. The van der Waals surface area contributed by atoms with Crippen molar-refractivity contribution in [3.05, 3.63) is 12.2 Å². The van der Waals surface area contributed by atoms with Crippen LogP contribution in [-0.2, 0) is 4.74 Å². The van der Waals surface area contributed by atoms with E-state index < -0.39 is 0 Å². The maximum absolute atomic E-state index is 5.40. The Hall–Kier alpha value is -0.340. The van der Waals surface area contributed by atoms with E-state index in [1.54, 1.807) is 0 Å². The van der Waals surface area contributed by atoms with Gasteiger partial charge in [-0.15, -0.1) is 6.58 Å². The van der Waals surface area contributed by atoms with E-state index in [-0.39, 0.29) is 0 Å². The molecule has 2 nitrogen and oxygen atoms in total. The van der Waals surface area contributed by atoms with Crippen LogP contribution in [0.5, 0.6) is 0 Å². The second-order valence-corrected chi connectivity index (χ2v) is 3.42. The number of rotatable bonds is 9. The summed E-state index contributed by atoms with van der Waals surface area (Å²) in [6, 6.07) is 0. The van der Waals surface area contributed by atoms with Gasteiger partial charge in [-0.05, 0) is 26.3 Å². The molecule has 0 spiro atoms. The molecule has 0 bridgehead atoms. The Bertz CT molecular complexity index is 123. The second-order valence-electron chi connectivity index (χ2n) is 3.42. The summed E-state index contributed by atoms with van der Waals surface area (Å²) in [6.07, 6.45) is 3.45. The molecule has 0 radical (unpaired) electrons. The van der Waals surface area contributed by atoms with E-state index in [9.17, 15) is 0 Å². The number of nitrogens with one attached hydrogen (secondary N) is 1. The van der Waals surface area contributed by atoms with Crippen molar-refractivity contribution in [2.45, 2.75) is 33.1 Å². The predicted molar refractivity (Wildman–Crippen MR) is 58.0 cm³/mol. The molecule has 0 saturated carbocycles. The Labute approximate surface area is 82.4 Å². The zero-order chi connectivity index (χ0) is 9.94. The lowest BCUT2D eigenvalue weighted by atomic mass is 10.2. The smallest absolute Gasteiger partial charge is 0.0590 e. The van der Waals surface area contributed by atoms with Gasteiger partial charge in [0.25, 0.3) is 0 Å². The molecular weight excluding hydrogens is 162 g/mol. The molecule has 0 unspecified atom stereocenters. The third-order valence-electron chi connectivity index (χ3n) is 1.79. The highest BCUT2D eigenvalue weighted by atomic mass is 16.5. The van der Waals surface area contributed by atoms with E-state index in [0.717, 1.165) is 32.7 Å². The van der Waals surface area contributed by atoms with Crippen LogP contribution in [0.3, 0.4) is 0 Å². The fourth-order valence-corrected chi connectivity index (χ4v) is 0.920. The third-order valence-corrected chi connectivity index (χ3v) is 1.79. The van der Waals surface area contributed by atoms with Gasteiger partial charge in [0.2, 0.25) is 0 Å². The summed E-state index contributed by atoms with van der Waals surface area (Å²) >= 11 is 0. The monoisotopic (exact) mass is 185 g/mol. The topological polar surface area (TPSA) is 21.3 Å². The SMILES string of the molecule is C=C(C)CCNCCOCCCC. The van der Waals surface area contributed by atoms with E-state index in [1.165, 1.54) is 18.4 Å². The van der Waals surface area contributed by atoms with Gasteiger partial charge in [-0.3, -0.25) is 0 Å².